The summed E-state index contributed by atoms with van der Waals surface area (Å²) in [6, 6.07) is 2.14. The van der Waals surface area contributed by atoms with Crippen molar-refractivity contribution in [3.63, 3.8) is 0 Å². The van der Waals surface area contributed by atoms with Crippen LogP contribution in [-0.2, 0) is 34.8 Å². The number of aromatic nitrogens is 10. The summed E-state index contributed by atoms with van der Waals surface area (Å²) in [7, 11) is 0. The summed E-state index contributed by atoms with van der Waals surface area (Å²) < 4.78 is 35.5. The summed E-state index contributed by atoms with van der Waals surface area (Å²) >= 11 is 18.1. The van der Waals surface area contributed by atoms with E-state index in [0.717, 1.165) is 86.6 Å². The zero-order valence-corrected chi connectivity index (χ0v) is 51.3. The predicted octanol–water partition coefficient (Wildman–Crippen LogP) is 8.51. The Kier molecular flexibility index (Phi) is 19.2. The van der Waals surface area contributed by atoms with Crippen LogP contribution in [0.25, 0.3) is 38.5 Å². The Morgan fingerprint density at radius 3 is 1.60 bits per heavy atom. The van der Waals surface area contributed by atoms with E-state index in [1.165, 1.54) is 24.6 Å². The van der Waals surface area contributed by atoms with Crippen LogP contribution in [0.3, 0.4) is 0 Å². The standard InChI is InChI=1S/2C15H18ClN3O3.C13H17N3O3.C9H15NO2.C8H7ClN2.CH4/c2*1-15(2)21-12-7(5-20)3-8(13(12)22-15)9-4-17-11-10(9)18-6-19-14(11)16;14-13-10-7(1-2-15-13)9(4-16-10)8-3-6(5-17)11(18)12(8)19;1-4-6-8-7(5-10-6)11-9(2,3)12-8;1-5-2-3-6-7(5)10-4-11-8(6)9;/h2*4,6-8,12-13,17,20H,3,5H2,1-2H3;1-2,4,6,8,11-12,16-19H,3,5H2,(H2,14,15);5-8H,4H2,1-3H3;2,4H,3H2,1H3;1H4/t7-,8+,12-,13+;7-,8-,12-,13+;6-,8+,11-,12+;6-,7+,8-;;/m1111../s1. The fourth-order valence-corrected chi connectivity index (χ4v) is 14.3. The first-order valence-corrected chi connectivity index (χ1v) is 30.3. The number of anilines is 1. The Morgan fingerprint density at radius 1 is 0.586 bits per heavy atom. The molecule has 23 nitrogen and oxygen atoms in total. The summed E-state index contributed by atoms with van der Waals surface area (Å²) in [4.78, 5) is 42.5. The van der Waals surface area contributed by atoms with Crippen molar-refractivity contribution in [2.75, 3.05) is 25.6 Å². The van der Waals surface area contributed by atoms with Crippen LogP contribution in [0.2, 0.25) is 15.5 Å². The van der Waals surface area contributed by atoms with Gasteiger partial charge in [-0.25, -0.2) is 34.9 Å². The maximum atomic E-state index is 10.1. The highest BCUT2D eigenvalue weighted by Crippen LogP contribution is 2.52. The third-order valence-corrected chi connectivity index (χ3v) is 18.6. The minimum atomic E-state index is -0.890. The molecule has 15 rings (SSSR count). The van der Waals surface area contributed by atoms with Crippen molar-refractivity contribution in [3.8, 4) is 0 Å². The van der Waals surface area contributed by atoms with Crippen molar-refractivity contribution in [2.45, 2.75) is 185 Å². The van der Waals surface area contributed by atoms with Gasteiger partial charge >= 0.3 is 0 Å². The molecular formula is C61H79Cl3N12O11. The first kappa shape index (κ1) is 64.6. The van der Waals surface area contributed by atoms with E-state index in [9.17, 15) is 25.5 Å². The molecule has 0 unspecified atom stereocenters. The maximum Gasteiger partial charge on any atom is 0.164 e. The lowest BCUT2D eigenvalue weighted by atomic mass is 9.95. The number of nitrogens with zero attached hydrogens (tertiary/aromatic N) is 8. The Hall–Kier alpha value is -5.35. The number of ether oxygens (including phenoxy) is 6. The number of H-pyrrole nitrogens is 3. The summed E-state index contributed by atoms with van der Waals surface area (Å²) in [5.74, 6) is -1.39. The average molecular weight is 1260 g/mol. The second-order valence-corrected chi connectivity index (χ2v) is 25.6. The highest BCUT2D eigenvalue weighted by molar-refractivity contribution is 6.34. The number of halogens is 3. The highest BCUT2D eigenvalue weighted by Gasteiger charge is 2.56. The third kappa shape index (κ3) is 12.8. The van der Waals surface area contributed by atoms with Crippen LogP contribution < -0.4 is 5.73 Å². The number of fused-ring (bicyclic) bond motifs is 7. The van der Waals surface area contributed by atoms with Crippen molar-refractivity contribution >= 4 is 85.4 Å². The quantitative estimate of drug-likeness (QED) is 0.0675. The largest absolute Gasteiger partial charge is 0.396 e. The molecule has 26 heteroatoms. The van der Waals surface area contributed by atoms with Gasteiger partial charge in [0.1, 0.15) is 53.2 Å². The van der Waals surface area contributed by atoms with E-state index in [-0.39, 0.29) is 99.4 Å². The lowest BCUT2D eigenvalue weighted by Gasteiger charge is -2.22. The monoisotopic (exact) mass is 1260 g/mol. The molecular weight excluding hydrogens is 1180 g/mol. The van der Waals surface area contributed by atoms with E-state index in [1.54, 1.807) is 12.4 Å². The van der Waals surface area contributed by atoms with E-state index < -0.39 is 29.6 Å². The molecule has 10 N–H and O–H groups in total. The number of aliphatic imine (C=N–C) groups is 1. The molecule has 8 aliphatic rings. The van der Waals surface area contributed by atoms with Crippen molar-refractivity contribution in [1.29, 1.82) is 0 Å². The summed E-state index contributed by atoms with van der Waals surface area (Å²) in [6.45, 7) is 15.8. The van der Waals surface area contributed by atoms with Crippen LogP contribution >= 0.6 is 34.8 Å². The van der Waals surface area contributed by atoms with Gasteiger partial charge in [-0.1, -0.05) is 55.2 Å². The molecule has 0 radical (unpaired) electrons. The SMILES string of the molecule is C.CC1(C)O[C@@H]2[C@@H](CO)C[C@@H](c3c[nH]c4c(Cl)ncnc34)[C@@H]2O1.CC1(C)O[C@@H]2[C@@H](CO)C[C@H](c3c[nH]c4c(Cl)ncnc34)[C@@H]2O1.CC1=CCc2c(Cl)ncnc21.CC[C@H]1N=C[C@@H]2OC(C)(C)O[C@@H]21.Nc1nccc2c([C@@H]3C[C@H](CO)[C@@H](O)[C@H]3O)c[nH]c12. The molecule has 7 aromatic rings. The molecule has 0 spiro atoms. The summed E-state index contributed by atoms with van der Waals surface area (Å²) in [5, 5.41) is 50.9. The topological polar surface area (TPSA) is 333 Å². The first-order chi connectivity index (χ1) is 41.0. The second-order valence-electron chi connectivity index (χ2n) is 24.5. The van der Waals surface area contributed by atoms with Gasteiger partial charge < -0.3 is 74.6 Å². The molecule has 470 valence electrons. The van der Waals surface area contributed by atoms with Gasteiger partial charge in [-0.3, -0.25) is 4.99 Å². The fraction of sp³-hybridized carbons (Fsp3) is 0.574. The van der Waals surface area contributed by atoms with Crippen molar-refractivity contribution in [1.82, 2.24) is 49.8 Å². The lowest BCUT2D eigenvalue weighted by Crippen LogP contribution is -2.28. The van der Waals surface area contributed by atoms with Crippen LogP contribution in [0.15, 0.2) is 60.9 Å². The molecule has 0 bridgehead atoms. The molecule has 0 amide bonds. The van der Waals surface area contributed by atoms with Crippen LogP contribution in [0.5, 0.6) is 0 Å². The predicted molar refractivity (Wildman–Crippen MR) is 329 cm³/mol. The first-order valence-electron chi connectivity index (χ1n) is 29.2. The molecule has 0 aromatic carbocycles. The van der Waals surface area contributed by atoms with Gasteiger partial charge in [0.15, 0.2) is 27.7 Å². The second kappa shape index (κ2) is 25.9. The number of allylic oxidation sites excluding steroid dienone is 2. The molecule has 6 fully saturated rings. The van der Waals surface area contributed by atoms with Gasteiger partial charge in [-0.15, -0.1) is 0 Å². The molecule has 4 aliphatic carbocycles. The van der Waals surface area contributed by atoms with Gasteiger partial charge in [-0.2, -0.15) is 0 Å². The Labute approximate surface area is 519 Å². The van der Waals surface area contributed by atoms with Gasteiger partial charge in [0.05, 0.1) is 64.9 Å². The molecule has 3 saturated carbocycles. The summed E-state index contributed by atoms with van der Waals surface area (Å²) in [5.41, 5.74) is 15.9. The fourth-order valence-electron chi connectivity index (χ4n) is 13.7. The number of aliphatic hydroxyl groups is 5. The maximum absolute atomic E-state index is 10.1. The Morgan fingerprint density at radius 2 is 1.07 bits per heavy atom. The molecule has 3 saturated heterocycles. The van der Waals surface area contributed by atoms with Gasteiger partial charge in [0, 0.05) is 108 Å². The van der Waals surface area contributed by atoms with E-state index in [1.807, 2.05) is 73.1 Å². The van der Waals surface area contributed by atoms with E-state index in [0.29, 0.717) is 33.7 Å². The normalized spacial score (nSPS) is 31.5. The van der Waals surface area contributed by atoms with Crippen LogP contribution in [0, 0.1) is 17.8 Å². The van der Waals surface area contributed by atoms with Crippen molar-refractivity contribution < 1.29 is 54.0 Å². The van der Waals surface area contributed by atoms with E-state index in [2.05, 4.69) is 67.8 Å². The lowest BCUT2D eigenvalue weighted by molar-refractivity contribution is -0.160. The third-order valence-electron chi connectivity index (χ3n) is 17.7. The molecule has 4 aliphatic heterocycles. The number of rotatable bonds is 7. The number of aromatic amines is 3. The number of hydrogen-bond donors (Lipinski definition) is 9. The van der Waals surface area contributed by atoms with Gasteiger partial charge in [0.2, 0.25) is 0 Å². The zero-order chi connectivity index (χ0) is 61.1. The highest BCUT2D eigenvalue weighted by atomic mass is 35.5. The average Bonchev–Trinajstić information content (AvgIpc) is 1.65. The Bertz CT molecular complexity index is 3500. The molecule has 15 atom stereocenters. The Balaban J connectivity index is 0.000000123. The van der Waals surface area contributed by atoms with Crippen molar-refractivity contribution in [3.05, 3.63) is 99.3 Å². The van der Waals surface area contributed by atoms with Crippen LogP contribution in [0.1, 0.15) is 134 Å². The van der Waals surface area contributed by atoms with Crippen LogP contribution in [0.4, 0.5) is 5.82 Å². The zero-order valence-electron chi connectivity index (χ0n) is 49.1. The van der Waals surface area contributed by atoms with E-state index >= 15 is 0 Å². The number of hydrogen-bond acceptors (Lipinski definition) is 20. The van der Waals surface area contributed by atoms with Gasteiger partial charge in [0.25, 0.3) is 0 Å². The van der Waals surface area contributed by atoms with Crippen LogP contribution in [-0.4, -0.2) is 174 Å². The summed E-state index contributed by atoms with van der Waals surface area (Å²) in [6.07, 6.45) is 17.9. The number of nitrogens with one attached hydrogen (secondary N) is 3. The molecule has 87 heavy (non-hydrogen) atoms. The minimum Gasteiger partial charge on any atom is -0.396 e. The minimum absolute atomic E-state index is 0. The van der Waals surface area contributed by atoms with Gasteiger partial charge in [-0.05, 0) is 97.8 Å². The number of nitrogens with two attached hydrogens (primary N) is 1. The molecule has 11 heterocycles. The van der Waals surface area contributed by atoms with E-state index in [4.69, 9.17) is 69.0 Å². The molecule has 7 aromatic heterocycles. The number of nitrogen functional groups attached to an aromatic ring is 1. The number of pyridine rings is 1. The van der Waals surface area contributed by atoms with Crippen molar-refractivity contribution in [2.24, 2.45) is 22.7 Å². The number of aliphatic hydroxyl groups excluding tert-OH is 5. The smallest absolute Gasteiger partial charge is 0.164 e.